The summed E-state index contributed by atoms with van der Waals surface area (Å²) >= 11 is 0. The van der Waals surface area contributed by atoms with Crippen molar-refractivity contribution in [2.75, 3.05) is 0 Å². The minimum absolute atomic E-state index is 0. The van der Waals surface area contributed by atoms with Gasteiger partial charge in [0.25, 0.3) is 22.8 Å². The Morgan fingerprint density at radius 1 is 0.283 bits per heavy atom. The van der Waals surface area contributed by atoms with Gasteiger partial charge in [0.2, 0.25) is 22.3 Å². The van der Waals surface area contributed by atoms with Crippen molar-refractivity contribution in [3.8, 4) is 56.2 Å². The Labute approximate surface area is 663 Å². The maximum Gasteiger partial charge on any atom is 0.256 e. The fourth-order valence-electron chi connectivity index (χ4n) is 16.1. The smallest absolute Gasteiger partial charge is 0.256 e. The third kappa shape index (κ3) is 13.3. The largest absolute Gasteiger partial charge is 0.449 e. The number of hydrogen-bond donors (Lipinski definition) is 0. The monoisotopic (exact) mass is 1480 g/mol. The van der Waals surface area contributed by atoms with Crippen LogP contribution in [0, 0.1) is 48.4 Å². The van der Waals surface area contributed by atoms with E-state index < -0.39 is 6.85 Å². The number of fused-ring (bicyclic) bond motifs is 20. The van der Waals surface area contributed by atoms with Crippen LogP contribution in [0.1, 0.15) is 72.8 Å². The van der Waals surface area contributed by atoms with E-state index >= 15 is 0 Å². The molecule has 10 aromatic carbocycles. The Morgan fingerprint density at radius 3 is 1.13 bits per heavy atom. The number of aromatic nitrogens is 7. The molecule has 113 heavy (non-hydrogen) atoms. The van der Waals surface area contributed by atoms with Crippen molar-refractivity contribution in [2.24, 2.45) is 28.2 Å². The molecule has 0 fully saturated rings. The van der Waals surface area contributed by atoms with Crippen LogP contribution < -0.4 is 18.3 Å². The molecule has 558 valence electrons. The van der Waals surface area contributed by atoms with E-state index in [4.69, 9.17) is 21.8 Å². The number of rotatable bonds is 5. The topological polar surface area (TPSA) is 107 Å². The Kier molecular flexibility index (Phi) is 19.7. The highest BCUT2D eigenvalue weighted by molar-refractivity contribution is 6.23. The average Bonchev–Trinajstić information content (AvgIpc) is 1.60. The lowest BCUT2D eigenvalue weighted by Gasteiger charge is -2.06. The summed E-state index contributed by atoms with van der Waals surface area (Å²) in [6.07, 6.45) is 13.8. The molecule has 0 N–H and O–H groups in total. The number of hydrogen-bond acceptors (Lipinski definition) is 7. The second kappa shape index (κ2) is 30.7. The summed E-state index contributed by atoms with van der Waals surface area (Å²) in [6.45, 7) is 10.5. The second-order valence-electron chi connectivity index (χ2n) is 28.7. The molecule has 0 aliphatic carbocycles. The predicted octanol–water partition coefficient (Wildman–Crippen LogP) is 25.5. The minimum Gasteiger partial charge on any atom is -0.449 e. The van der Waals surface area contributed by atoms with E-state index in [-0.39, 0.29) is 29.7 Å². The van der Waals surface area contributed by atoms with Gasteiger partial charge in [0.1, 0.15) is 50.5 Å². The van der Waals surface area contributed by atoms with Gasteiger partial charge in [-0.15, -0.1) is 0 Å². The SMILES string of the molecule is C.C.C.C.Cc1ccc(-c2ccc3c(ccc4oc5c(-c6ccc(C)cc6C)[n+](C)ccc5c43)c2)cc1.Cc1ccccc1-c1c2oc3ccc4cccnc4c3c2cc[n+]1C.Cc1ccccc1-c1c2oc3ccc4ncccc4c3c2cc[n+]1C.[2H]C([2H])([2H])c1ccc(-c2c3oc4ccc5cccnc5c4c3cc[n+]2C)c(C)c1. The molecule has 0 spiro atoms. The normalized spacial score (nSPS) is 11.7. The first-order chi connectivity index (χ1) is 54.3. The van der Waals surface area contributed by atoms with Crippen molar-refractivity contribution < 1.29 is 40.0 Å². The van der Waals surface area contributed by atoms with Crippen LogP contribution >= 0.6 is 0 Å². The summed E-state index contributed by atoms with van der Waals surface area (Å²) in [4.78, 5) is 13.7. The molecule has 11 nitrogen and oxygen atoms in total. The molecule has 0 saturated carbocycles. The summed E-state index contributed by atoms with van der Waals surface area (Å²) in [5, 5.41) is 14.6. The minimum atomic E-state index is -2.12. The lowest BCUT2D eigenvalue weighted by molar-refractivity contribution is -0.659. The molecule has 11 aromatic heterocycles. The molecule has 0 radical (unpaired) electrons. The van der Waals surface area contributed by atoms with Gasteiger partial charge in [0, 0.05) is 95.4 Å². The summed E-state index contributed by atoms with van der Waals surface area (Å²) in [6, 6.07) is 81.2. The molecule has 0 saturated heterocycles. The molecule has 21 rings (SSSR count). The predicted molar refractivity (Wildman–Crippen MR) is 470 cm³/mol. The zero-order valence-electron chi connectivity index (χ0n) is 65.3. The van der Waals surface area contributed by atoms with E-state index in [1.165, 1.54) is 71.8 Å². The first kappa shape index (κ1) is 72.4. The zero-order chi connectivity index (χ0) is 77.0. The lowest BCUT2D eigenvalue weighted by atomic mass is 9.97. The van der Waals surface area contributed by atoms with Gasteiger partial charge in [-0.1, -0.05) is 168 Å². The van der Waals surface area contributed by atoms with Crippen molar-refractivity contribution in [1.29, 1.82) is 0 Å². The van der Waals surface area contributed by atoms with Crippen LogP contribution in [0.5, 0.6) is 0 Å². The van der Waals surface area contributed by atoms with Crippen molar-refractivity contribution in [3.05, 3.63) is 319 Å². The van der Waals surface area contributed by atoms with Crippen LogP contribution in [-0.4, -0.2) is 15.0 Å². The molecular formula is C102H95N7O4+4. The van der Waals surface area contributed by atoms with Gasteiger partial charge < -0.3 is 17.7 Å². The molecule has 0 unspecified atom stereocenters. The molecule has 0 aliphatic rings. The molecule has 0 bridgehead atoms. The van der Waals surface area contributed by atoms with Gasteiger partial charge in [-0.3, -0.25) is 15.0 Å². The van der Waals surface area contributed by atoms with Gasteiger partial charge in [-0.2, -0.15) is 18.3 Å². The van der Waals surface area contributed by atoms with E-state index in [9.17, 15) is 0 Å². The average molecular weight is 1490 g/mol. The van der Waals surface area contributed by atoms with Crippen LogP contribution in [0.15, 0.2) is 298 Å². The molecule has 0 atom stereocenters. The van der Waals surface area contributed by atoms with Gasteiger partial charge in [0.15, 0.2) is 24.8 Å². The van der Waals surface area contributed by atoms with E-state index in [0.29, 0.717) is 5.56 Å². The number of aryl methyl sites for hydroxylation is 11. The Hall–Kier alpha value is -13.5. The van der Waals surface area contributed by atoms with Crippen LogP contribution in [-0.2, 0) is 28.2 Å². The molecule has 21 aromatic rings. The van der Waals surface area contributed by atoms with Crippen molar-refractivity contribution in [1.82, 2.24) is 15.0 Å². The van der Waals surface area contributed by atoms with Crippen LogP contribution in [0.4, 0.5) is 0 Å². The second-order valence-corrected chi connectivity index (χ2v) is 28.7. The van der Waals surface area contributed by atoms with Crippen molar-refractivity contribution in [3.63, 3.8) is 0 Å². The zero-order valence-corrected chi connectivity index (χ0v) is 62.3. The summed E-state index contributed by atoms with van der Waals surface area (Å²) in [5.74, 6) is 0. The molecular weight excluding hydrogens is 1390 g/mol. The highest BCUT2D eigenvalue weighted by Gasteiger charge is 2.28. The first-order valence-corrected chi connectivity index (χ1v) is 36.7. The molecule has 11 heteroatoms. The quantitative estimate of drug-likeness (QED) is 0.158. The maximum absolute atomic E-state index is 7.67. The first-order valence-electron chi connectivity index (χ1n) is 38.2. The fraction of sp³-hybridized carbons (Fsp3) is 0.147. The number of nitrogens with zero attached hydrogens (tertiary/aromatic N) is 7. The van der Waals surface area contributed by atoms with E-state index in [1.54, 1.807) is 18.3 Å². The highest BCUT2D eigenvalue weighted by Crippen LogP contribution is 2.44. The molecule has 11 heterocycles. The van der Waals surface area contributed by atoms with Gasteiger partial charge in [-0.25, -0.2) is 0 Å². The van der Waals surface area contributed by atoms with Crippen LogP contribution in [0.3, 0.4) is 0 Å². The Balaban J connectivity index is 0.000000127. The third-order valence-corrected chi connectivity index (χ3v) is 21.5. The van der Waals surface area contributed by atoms with Gasteiger partial charge in [0.05, 0.1) is 49.6 Å². The van der Waals surface area contributed by atoms with E-state index in [1.807, 2.05) is 104 Å². The van der Waals surface area contributed by atoms with Crippen LogP contribution in [0.25, 0.3) is 187 Å². The standard InChI is InChI=1S/C31H26NO.C23H19N2O.2C22H17N2O.4CH4/c1-19-5-8-22(9-6-19)23-10-13-26-24(18-23)11-14-28-29(26)27-15-16-32(4)30(31(27)33-28)25-12-7-20(2)17-21(25)3;1-14-6-8-17(15(2)13-14)22-23-18(10-12-25(22)3)20-19(26-23)9-7-16-5-4-11-24-21(16)20;1-14-6-3-4-8-16(14)21-22-17(11-13-24(21)2)19-18(25-22)10-9-15-7-5-12-23-20(15)19;1-14-6-3-4-7-15(14)21-22-17(11-13-24(21)2)20-16-8-5-12-23-18(16)9-10-19(20)25-22;;;;/h5-18H,1-4H3;4-13H,1-3H3;2*3-13H,1-2H3;4*1H4/q4*+1;;;;/i;1D3;;;;;;. The van der Waals surface area contributed by atoms with Crippen molar-refractivity contribution >= 4 is 131 Å². The van der Waals surface area contributed by atoms with Gasteiger partial charge in [-0.05, 0) is 184 Å². The Morgan fingerprint density at radius 2 is 0.664 bits per heavy atom. The van der Waals surface area contributed by atoms with E-state index in [0.717, 1.165) is 149 Å². The van der Waals surface area contributed by atoms with Gasteiger partial charge >= 0.3 is 0 Å². The summed E-state index contributed by atoms with van der Waals surface area (Å²) in [7, 11) is 8.18. The maximum atomic E-state index is 7.67. The fourth-order valence-corrected chi connectivity index (χ4v) is 16.1. The lowest BCUT2D eigenvalue weighted by Crippen LogP contribution is -2.30. The molecule has 0 amide bonds. The highest BCUT2D eigenvalue weighted by atomic mass is 16.3. The number of pyridine rings is 7. The number of benzene rings is 10. The summed E-state index contributed by atoms with van der Waals surface area (Å²) < 4.78 is 56.9. The summed E-state index contributed by atoms with van der Waals surface area (Å²) in [5.41, 5.74) is 28.7. The number of furan rings is 4. The third-order valence-electron chi connectivity index (χ3n) is 21.5. The molecule has 0 aliphatic heterocycles. The van der Waals surface area contributed by atoms with Crippen molar-refractivity contribution in [2.45, 2.75) is 78.1 Å². The van der Waals surface area contributed by atoms with Crippen LogP contribution in [0.2, 0.25) is 0 Å². The van der Waals surface area contributed by atoms with E-state index in [2.05, 4.69) is 261 Å². The Bertz CT molecular complexity index is 7190.